The molecule has 112 valence electrons. The monoisotopic (exact) mass is 322 g/mol. The molecule has 1 aromatic heterocycles. The van der Waals surface area contributed by atoms with Crippen LogP contribution >= 0.6 is 11.3 Å². The summed E-state index contributed by atoms with van der Waals surface area (Å²) >= 11 is 0.731. The molecule has 0 aromatic carbocycles. The lowest BCUT2D eigenvalue weighted by Gasteiger charge is -2.01. The molecule has 0 saturated carbocycles. The van der Waals surface area contributed by atoms with E-state index in [1.807, 2.05) is 11.6 Å². The van der Waals surface area contributed by atoms with E-state index >= 15 is 0 Å². The maximum absolute atomic E-state index is 11.8. The first-order valence-electron chi connectivity index (χ1n) is 5.58. The Morgan fingerprint density at radius 2 is 2.20 bits per heavy atom. The first-order chi connectivity index (χ1) is 9.27. The Bertz CT molecular complexity index is 610. The van der Waals surface area contributed by atoms with Gasteiger partial charge >= 0.3 is 5.69 Å². The lowest BCUT2D eigenvalue weighted by molar-refractivity contribution is -0.383. The molecule has 0 saturated heterocycles. The van der Waals surface area contributed by atoms with Gasteiger partial charge < -0.3 is 11.1 Å². The SMILES string of the molecule is CCCNc1sc(S(=O)(=O)NCC(N)=O)cc1[N+](=O)[O-]. The van der Waals surface area contributed by atoms with Gasteiger partial charge in [0.15, 0.2) is 5.00 Å². The zero-order valence-corrected chi connectivity index (χ0v) is 12.2. The average Bonchev–Trinajstić information content (AvgIpc) is 2.79. The predicted octanol–water partition coefficient (Wildman–Crippen LogP) is 0.242. The fourth-order valence-corrected chi connectivity index (χ4v) is 3.62. The number of carbonyl (C=O) groups excluding carboxylic acids is 1. The van der Waals surface area contributed by atoms with Crippen molar-refractivity contribution in [1.29, 1.82) is 0 Å². The van der Waals surface area contributed by atoms with Gasteiger partial charge in [0.2, 0.25) is 5.91 Å². The third-order valence-corrected chi connectivity index (χ3v) is 5.08. The van der Waals surface area contributed by atoms with Crippen molar-refractivity contribution in [3.05, 3.63) is 16.2 Å². The molecule has 0 unspecified atom stereocenters. The van der Waals surface area contributed by atoms with Crippen molar-refractivity contribution in [3.8, 4) is 0 Å². The first kappa shape index (κ1) is 16.3. The number of anilines is 1. The molecule has 0 bridgehead atoms. The van der Waals surface area contributed by atoms with Crippen LogP contribution in [0.15, 0.2) is 10.3 Å². The molecule has 0 spiro atoms. The number of nitro groups is 1. The molecule has 0 aliphatic rings. The Morgan fingerprint density at radius 3 is 2.70 bits per heavy atom. The Balaban J connectivity index is 3.06. The normalized spacial score (nSPS) is 11.2. The molecule has 1 amide bonds. The highest BCUT2D eigenvalue weighted by atomic mass is 32.2. The largest absolute Gasteiger partial charge is 0.371 e. The van der Waals surface area contributed by atoms with Crippen molar-refractivity contribution >= 4 is 38.0 Å². The number of sulfonamides is 1. The second kappa shape index (κ2) is 6.63. The lowest BCUT2D eigenvalue weighted by atomic mass is 10.4. The fourth-order valence-electron chi connectivity index (χ4n) is 1.23. The summed E-state index contributed by atoms with van der Waals surface area (Å²) in [7, 11) is -3.99. The molecule has 0 atom stereocenters. The summed E-state index contributed by atoms with van der Waals surface area (Å²) in [6.07, 6.45) is 0.733. The minimum atomic E-state index is -3.99. The van der Waals surface area contributed by atoms with E-state index in [1.54, 1.807) is 0 Å². The van der Waals surface area contributed by atoms with Gasteiger partial charge in [0.25, 0.3) is 10.0 Å². The molecule has 0 radical (unpaired) electrons. The summed E-state index contributed by atoms with van der Waals surface area (Å²) in [6.45, 7) is 1.79. The van der Waals surface area contributed by atoms with Gasteiger partial charge in [-0.25, -0.2) is 13.1 Å². The van der Waals surface area contributed by atoms with Crippen molar-refractivity contribution in [2.24, 2.45) is 5.73 Å². The van der Waals surface area contributed by atoms with Crippen molar-refractivity contribution in [2.75, 3.05) is 18.4 Å². The second-order valence-electron chi connectivity index (χ2n) is 3.75. The van der Waals surface area contributed by atoms with Crippen LogP contribution in [-0.4, -0.2) is 32.3 Å². The second-order valence-corrected chi connectivity index (χ2v) is 6.80. The highest BCUT2D eigenvalue weighted by molar-refractivity contribution is 7.91. The molecule has 0 aliphatic carbocycles. The van der Waals surface area contributed by atoms with E-state index in [4.69, 9.17) is 5.73 Å². The summed E-state index contributed by atoms with van der Waals surface area (Å²) in [6, 6.07) is 0.950. The van der Waals surface area contributed by atoms with Gasteiger partial charge in [0.1, 0.15) is 4.21 Å². The number of nitrogens with one attached hydrogen (secondary N) is 2. The number of rotatable bonds is 8. The third-order valence-electron chi connectivity index (χ3n) is 2.12. The van der Waals surface area contributed by atoms with E-state index in [0.717, 1.165) is 23.8 Å². The minimum absolute atomic E-state index is 0.163. The van der Waals surface area contributed by atoms with Gasteiger partial charge in [-0.3, -0.25) is 14.9 Å². The van der Waals surface area contributed by atoms with Crippen LogP contribution in [0.3, 0.4) is 0 Å². The quantitative estimate of drug-likeness (QED) is 0.462. The average molecular weight is 322 g/mol. The molecule has 11 heteroatoms. The van der Waals surface area contributed by atoms with Gasteiger partial charge in [-0.15, -0.1) is 0 Å². The van der Waals surface area contributed by atoms with Crippen molar-refractivity contribution in [3.63, 3.8) is 0 Å². The Labute approximate surface area is 119 Å². The zero-order valence-electron chi connectivity index (χ0n) is 10.6. The summed E-state index contributed by atoms with van der Waals surface area (Å²) in [5.74, 6) is -0.844. The molecule has 1 aromatic rings. The molecular weight excluding hydrogens is 308 g/mol. The number of hydrogen-bond acceptors (Lipinski definition) is 7. The highest BCUT2D eigenvalue weighted by Crippen LogP contribution is 2.36. The fraction of sp³-hybridized carbons (Fsp3) is 0.444. The van der Waals surface area contributed by atoms with Crippen molar-refractivity contribution < 1.29 is 18.1 Å². The molecule has 0 aliphatic heterocycles. The molecule has 9 nitrogen and oxygen atoms in total. The van der Waals surface area contributed by atoms with Crippen LogP contribution in [0.4, 0.5) is 10.7 Å². The highest BCUT2D eigenvalue weighted by Gasteiger charge is 2.26. The number of primary amides is 1. The molecule has 1 heterocycles. The Hall–Kier alpha value is -1.72. The standard InChI is InChI=1S/C9H14N4O5S2/c1-2-3-11-9-6(13(15)16)4-8(19-9)20(17,18)12-5-7(10)14/h4,11-12H,2-3,5H2,1H3,(H2,10,14). The maximum atomic E-state index is 11.8. The van der Waals surface area contributed by atoms with Crippen LogP contribution in [-0.2, 0) is 14.8 Å². The summed E-state index contributed by atoms with van der Waals surface area (Å²) in [5, 5.41) is 13.8. The summed E-state index contributed by atoms with van der Waals surface area (Å²) in [4.78, 5) is 20.8. The van der Waals surface area contributed by atoms with Gasteiger partial charge in [-0.1, -0.05) is 18.3 Å². The van der Waals surface area contributed by atoms with Crippen LogP contribution in [0.1, 0.15) is 13.3 Å². The minimum Gasteiger partial charge on any atom is -0.371 e. The first-order valence-corrected chi connectivity index (χ1v) is 7.88. The number of nitrogens with zero attached hydrogens (tertiary/aromatic N) is 1. The molecule has 20 heavy (non-hydrogen) atoms. The van der Waals surface area contributed by atoms with Gasteiger partial charge in [0, 0.05) is 12.6 Å². The Morgan fingerprint density at radius 1 is 1.55 bits per heavy atom. The van der Waals surface area contributed by atoms with E-state index in [2.05, 4.69) is 5.32 Å². The van der Waals surface area contributed by atoms with E-state index in [-0.39, 0.29) is 14.9 Å². The smallest absolute Gasteiger partial charge is 0.304 e. The van der Waals surface area contributed by atoms with Crippen molar-refractivity contribution in [1.82, 2.24) is 4.72 Å². The van der Waals surface area contributed by atoms with E-state index in [1.165, 1.54) is 0 Å². The topological polar surface area (TPSA) is 144 Å². The van der Waals surface area contributed by atoms with Crippen LogP contribution in [0.2, 0.25) is 0 Å². The number of amides is 1. The number of nitrogens with two attached hydrogens (primary N) is 1. The van der Waals surface area contributed by atoms with Crippen LogP contribution < -0.4 is 15.8 Å². The van der Waals surface area contributed by atoms with Gasteiger partial charge in [-0.2, -0.15) is 0 Å². The van der Waals surface area contributed by atoms with Gasteiger partial charge in [-0.05, 0) is 6.42 Å². The lowest BCUT2D eigenvalue weighted by Crippen LogP contribution is -2.32. The maximum Gasteiger partial charge on any atom is 0.304 e. The third kappa shape index (κ3) is 4.15. The van der Waals surface area contributed by atoms with Crippen molar-refractivity contribution in [2.45, 2.75) is 17.6 Å². The van der Waals surface area contributed by atoms with E-state index in [9.17, 15) is 23.3 Å². The summed E-state index contributed by atoms with van der Waals surface area (Å²) in [5.41, 5.74) is 4.53. The predicted molar refractivity (Wildman–Crippen MR) is 74.1 cm³/mol. The number of hydrogen-bond donors (Lipinski definition) is 3. The van der Waals surface area contributed by atoms with Gasteiger partial charge in [0.05, 0.1) is 11.5 Å². The van der Waals surface area contributed by atoms with Crippen LogP contribution in [0, 0.1) is 10.1 Å². The molecule has 0 fully saturated rings. The molecular formula is C9H14N4O5S2. The zero-order chi connectivity index (χ0) is 15.3. The van der Waals surface area contributed by atoms with E-state index < -0.39 is 27.4 Å². The Kier molecular flexibility index (Phi) is 5.42. The number of thiophene rings is 1. The molecule has 4 N–H and O–H groups in total. The van der Waals surface area contributed by atoms with Crippen LogP contribution in [0.25, 0.3) is 0 Å². The van der Waals surface area contributed by atoms with Crippen LogP contribution in [0.5, 0.6) is 0 Å². The summed E-state index contributed by atoms with van der Waals surface area (Å²) < 4.78 is 25.4. The van der Waals surface area contributed by atoms with E-state index in [0.29, 0.717) is 6.54 Å². The number of carbonyl (C=O) groups is 1. The molecule has 1 rings (SSSR count).